The lowest BCUT2D eigenvalue weighted by atomic mass is 10.1. The molecule has 2 saturated heterocycles. The van der Waals surface area contributed by atoms with Gasteiger partial charge in [-0.25, -0.2) is 4.98 Å². The van der Waals surface area contributed by atoms with Crippen LogP contribution in [0.1, 0.15) is 35.3 Å². The summed E-state index contributed by atoms with van der Waals surface area (Å²) in [5, 5.41) is 11.8. The average molecular weight is 443 g/mol. The molecule has 172 valence electrons. The third-order valence-electron chi connectivity index (χ3n) is 5.56. The average Bonchev–Trinajstić information content (AvgIpc) is 3.15. The number of carbonyl (C=O) groups is 2. The molecule has 2 amide bonds. The van der Waals surface area contributed by atoms with Crippen LogP contribution in [0, 0.1) is 0 Å². The van der Waals surface area contributed by atoms with Gasteiger partial charge in [-0.15, -0.1) is 0 Å². The highest BCUT2D eigenvalue weighted by Crippen LogP contribution is 2.31. The SMILES string of the molecule is O=C(NCCCN1CCCC1=O)c1ccc(C(F)(F)F)nc1N1CCN(CCO)CC1. The van der Waals surface area contributed by atoms with Crippen LogP contribution in [0.4, 0.5) is 19.0 Å². The topological polar surface area (TPSA) is 89.0 Å². The predicted molar refractivity (Wildman–Crippen MR) is 108 cm³/mol. The number of halogens is 3. The Balaban J connectivity index is 1.66. The normalized spacial score (nSPS) is 18.0. The van der Waals surface area contributed by atoms with E-state index in [1.807, 2.05) is 4.90 Å². The van der Waals surface area contributed by atoms with Crippen molar-refractivity contribution in [2.45, 2.75) is 25.4 Å². The highest BCUT2D eigenvalue weighted by atomic mass is 19.4. The van der Waals surface area contributed by atoms with Crippen molar-refractivity contribution >= 4 is 17.6 Å². The van der Waals surface area contributed by atoms with Crippen molar-refractivity contribution in [1.82, 2.24) is 20.1 Å². The summed E-state index contributed by atoms with van der Waals surface area (Å²) in [6.45, 7) is 4.03. The van der Waals surface area contributed by atoms with E-state index in [1.54, 1.807) is 9.80 Å². The molecule has 0 saturated carbocycles. The minimum absolute atomic E-state index is 0.0124. The second-order valence-electron chi connectivity index (χ2n) is 7.71. The zero-order valence-corrected chi connectivity index (χ0v) is 17.3. The largest absolute Gasteiger partial charge is 0.433 e. The van der Waals surface area contributed by atoms with E-state index in [0.29, 0.717) is 58.7 Å². The number of aromatic nitrogens is 1. The van der Waals surface area contributed by atoms with Crippen LogP contribution in [0.25, 0.3) is 0 Å². The second kappa shape index (κ2) is 10.3. The van der Waals surface area contributed by atoms with Gasteiger partial charge in [-0.2, -0.15) is 13.2 Å². The fourth-order valence-electron chi connectivity index (χ4n) is 3.86. The van der Waals surface area contributed by atoms with Crippen LogP contribution in [0.5, 0.6) is 0 Å². The van der Waals surface area contributed by atoms with Crippen molar-refractivity contribution < 1.29 is 27.9 Å². The van der Waals surface area contributed by atoms with E-state index in [9.17, 15) is 22.8 Å². The van der Waals surface area contributed by atoms with E-state index in [2.05, 4.69) is 10.3 Å². The molecule has 1 aromatic heterocycles. The molecule has 3 heterocycles. The van der Waals surface area contributed by atoms with Crippen LogP contribution in [-0.2, 0) is 11.0 Å². The minimum Gasteiger partial charge on any atom is -0.395 e. The summed E-state index contributed by atoms with van der Waals surface area (Å²) in [6.07, 6.45) is -2.64. The van der Waals surface area contributed by atoms with Crippen LogP contribution < -0.4 is 10.2 Å². The summed E-state index contributed by atoms with van der Waals surface area (Å²) in [4.78, 5) is 33.6. The van der Waals surface area contributed by atoms with Gasteiger partial charge in [0.2, 0.25) is 5.91 Å². The van der Waals surface area contributed by atoms with Crippen LogP contribution in [0.15, 0.2) is 12.1 Å². The van der Waals surface area contributed by atoms with Crippen LogP contribution >= 0.6 is 0 Å². The van der Waals surface area contributed by atoms with Crippen molar-refractivity contribution in [1.29, 1.82) is 0 Å². The molecule has 0 radical (unpaired) electrons. The Kier molecular flexibility index (Phi) is 7.71. The van der Waals surface area contributed by atoms with Crippen molar-refractivity contribution in [2.24, 2.45) is 0 Å². The molecule has 31 heavy (non-hydrogen) atoms. The van der Waals surface area contributed by atoms with E-state index < -0.39 is 17.8 Å². The van der Waals surface area contributed by atoms with Gasteiger partial charge in [-0.1, -0.05) is 0 Å². The third kappa shape index (κ3) is 6.07. The zero-order chi connectivity index (χ0) is 22.4. The monoisotopic (exact) mass is 443 g/mol. The van der Waals surface area contributed by atoms with Crippen molar-refractivity contribution in [3.63, 3.8) is 0 Å². The molecule has 8 nitrogen and oxygen atoms in total. The van der Waals surface area contributed by atoms with Gasteiger partial charge in [0.05, 0.1) is 12.2 Å². The number of rotatable bonds is 8. The highest BCUT2D eigenvalue weighted by molar-refractivity contribution is 5.99. The molecule has 11 heteroatoms. The number of hydrogen-bond donors (Lipinski definition) is 2. The second-order valence-corrected chi connectivity index (χ2v) is 7.71. The Morgan fingerprint density at radius 2 is 1.87 bits per heavy atom. The lowest BCUT2D eigenvalue weighted by molar-refractivity contribution is -0.141. The molecule has 2 N–H and O–H groups in total. The first-order chi connectivity index (χ1) is 14.8. The van der Waals surface area contributed by atoms with Crippen LogP contribution in [-0.4, -0.2) is 90.7 Å². The van der Waals surface area contributed by atoms with Gasteiger partial charge in [-0.05, 0) is 25.0 Å². The van der Waals surface area contributed by atoms with Crippen LogP contribution in [0.3, 0.4) is 0 Å². The molecule has 2 aliphatic rings. The molecular weight excluding hydrogens is 415 g/mol. The zero-order valence-electron chi connectivity index (χ0n) is 17.3. The van der Waals surface area contributed by atoms with E-state index >= 15 is 0 Å². The molecule has 0 unspecified atom stereocenters. The predicted octanol–water partition coefficient (Wildman–Crippen LogP) is 0.957. The van der Waals surface area contributed by atoms with E-state index in [4.69, 9.17) is 5.11 Å². The Morgan fingerprint density at radius 1 is 1.13 bits per heavy atom. The number of alkyl halides is 3. The molecule has 3 rings (SSSR count). The summed E-state index contributed by atoms with van der Waals surface area (Å²) in [5.74, 6) is -0.353. The molecule has 0 spiro atoms. The van der Waals surface area contributed by atoms with Crippen LogP contribution in [0.2, 0.25) is 0 Å². The summed E-state index contributed by atoms with van der Waals surface area (Å²) >= 11 is 0. The number of anilines is 1. The number of piperazine rings is 1. The maximum absolute atomic E-state index is 13.2. The number of likely N-dealkylation sites (tertiary alicyclic amines) is 1. The van der Waals surface area contributed by atoms with Gasteiger partial charge in [0.25, 0.3) is 5.91 Å². The highest BCUT2D eigenvalue weighted by Gasteiger charge is 2.34. The molecular formula is C20H28F3N5O3. The van der Waals surface area contributed by atoms with Gasteiger partial charge >= 0.3 is 6.18 Å². The quantitative estimate of drug-likeness (QED) is 0.582. The maximum Gasteiger partial charge on any atom is 0.433 e. The first kappa shape index (κ1) is 23.3. The molecule has 2 aliphatic heterocycles. The summed E-state index contributed by atoms with van der Waals surface area (Å²) in [5.41, 5.74) is -0.940. The van der Waals surface area contributed by atoms with Crippen molar-refractivity contribution in [3.05, 3.63) is 23.4 Å². The minimum atomic E-state index is -4.61. The fraction of sp³-hybridized carbons (Fsp3) is 0.650. The lowest BCUT2D eigenvalue weighted by Gasteiger charge is -2.36. The van der Waals surface area contributed by atoms with Gasteiger partial charge in [0.1, 0.15) is 11.5 Å². The number of hydrogen-bond acceptors (Lipinski definition) is 6. The summed E-state index contributed by atoms with van der Waals surface area (Å²) in [7, 11) is 0. The third-order valence-corrected chi connectivity index (χ3v) is 5.56. The number of nitrogens with one attached hydrogen (secondary N) is 1. The Morgan fingerprint density at radius 3 is 2.48 bits per heavy atom. The number of aliphatic hydroxyl groups is 1. The summed E-state index contributed by atoms with van der Waals surface area (Å²) in [6, 6.07) is 1.99. The van der Waals surface area contributed by atoms with Crippen molar-refractivity contribution in [3.8, 4) is 0 Å². The smallest absolute Gasteiger partial charge is 0.395 e. The Labute approximate surface area is 179 Å². The van der Waals surface area contributed by atoms with Gasteiger partial charge in [0, 0.05) is 58.8 Å². The molecule has 0 aliphatic carbocycles. The molecule has 0 bridgehead atoms. The summed E-state index contributed by atoms with van der Waals surface area (Å²) < 4.78 is 39.6. The molecule has 0 aromatic carbocycles. The Bertz CT molecular complexity index is 782. The first-order valence-corrected chi connectivity index (χ1v) is 10.5. The van der Waals surface area contributed by atoms with Gasteiger partial charge < -0.3 is 20.2 Å². The number of aliphatic hydroxyl groups excluding tert-OH is 1. The van der Waals surface area contributed by atoms with Crippen molar-refractivity contribution in [2.75, 3.05) is 63.9 Å². The molecule has 2 fully saturated rings. The van der Waals surface area contributed by atoms with E-state index in [-0.39, 0.29) is 23.9 Å². The number of amides is 2. The number of nitrogens with zero attached hydrogens (tertiary/aromatic N) is 4. The van der Waals surface area contributed by atoms with E-state index in [1.165, 1.54) is 6.07 Å². The van der Waals surface area contributed by atoms with Gasteiger partial charge in [0.15, 0.2) is 0 Å². The maximum atomic E-state index is 13.2. The fourth-order valence-corrected chi connectivity index (χ4v) is 3.86. The number of carbonyl (C=O) groups excluding carboxylic acids is 2. The van der Waals surface area contributed by atoms with Gasteiger partial charge in [-0.3, -0.25) is 14.5 Å². The standard InChI is InChI=1S/C20H28F3N5O3/c21-20(22,23)16-5-4-15(18(25-16)28-11-9-26(10-12-28)13-14-29)19(31)24-6-2-8-27-7-1-3-17(27)30/h4-5,29H,1-3,6-14H2,(H,24,31). The Hall–Kier alpha value is -2.40. The molecule has 0 atom stereocenters. The van der Waals surface area contributed by atoms with E-state index in [0.717, 1.165) is 19.0 Å². The first-order valence-electron chi connectivity index (χ1n) is 10.5. The number of pyridine rings is 1. The number of β-amino-alcohol motifs (C(OH)–C–C–N with tert-alkyl or cyclic N) is 1. The lowest BCUT2D eigenvalue weighted by Crippen LogP contribution is -2.48. The molecule has 1 aromatic rings.